The molecule has 0 radical (unpaired) electrons. The van der Waals surface area contributed by atoms with Gasteiger partial charge in [0.15, 0.2) is 5.78 Å². The molecule has 0 aromatic carbocycles. The van der Waals surface area contributed by atoms with Gasteiger partial charge < -0.3 is 0 Å². The first-order valence-electron chi connectivity index (χ1n) is 5.76. The lowest BCUT2D eigenvalue weighted by Gasteiger charge is -2.25. The molecule has 1 heteroatoms. The fourth-order valence-corrected chi connectivity index (χ4v) is 4.44. The molecule has 0 saturated heterocycles. The second-order valence-corrected chi connectivity index (χ2v) is 5.93. The van der Waals surface area contributed by atoms with Crippen LogP contribution in [0.15, 0.2) is 11.6 Å². The number of allylic oxidation sites excluding steroid dienone is 2. The monoisotopic (exact) mass is 190 g/mol. The molecule has 3 aliphatic rings. The van der Waals surface area contributed by atoms with Gasteiger partial charge in [0.25, 0.3) is 0 Å². The van der Waals surface area contributed by atoms with Gasteiger partial charge in [-0.1, -0.05) is 19.9 Å². The third-order valence-corrected chi connectivity index (χ3v) is 5.15. The molecule has 0 amide bonds. The first kappa shape index (κ1) is 8.70. The van der Waals surface area contributed by atoms with E-state index in [4.69, 9.17) is 0 Å². The molecule has 3 rings (SSSR count). The summed E-state index contributed by atoms with van der Waals surface area (Å²) in [4.78, 5) is 12.0. The van der Waals surface area contributed by atoms with Crippen LogP contribution in [0.2, 0.25) is 0 Å². The smallest absolute Gasteiger partial charge is 0.162 e. The number of hydrogen-bond donors (Lipinski definition) is 0. The Hall–Kier alpha value is -0.590. The van der Waals surface area contributed by atoms with Crippen molar-refractivity contribution in [2.75, 3.05) is 0 Å². The van der Waals surface area contributed by atoms with E-state index in [0.717, 1.165) is 11.5 Å². The van der Waals surface area contributed by atoms with E-state index in [-0.39, 0.29) is 0 Å². The van der Waals surface area contributed by atoms with E-state index in [9.17, 15) is 4.79 Å². The number of ketones is 1. The lowest BCUT2D eigenvalue weighted by molar-refractivity contribution is -0.120. The van der Waals surface area contributed by atoms with Crippen LogP contribution in [0.3, 0.4) is 0 Å². The van der Waals surface area contributed by atoms with Crippen LogP contribution in [0.4, 0.5) is 0 Å². The number of carbonyl (C=O) groups is 1. The molecular weight excluding hydrogens is 172 g/mol. The average molecular weight is 190 g/mol. The summed E-state index contributed by atoms with van der Waals surface area (Å²) < 4.78 is 0. The van der Waals surface area contributed by atoms with Crippen molar-refractivity contribution in [3.05, 3.63) is 11.6 Å². The van der Waals surface area contributed by atoms with E-state index in [1.165, 1.54) is 12.8 Å². The quantitative estimate of drug-likeness (QED) is 0.574. The summed E-state index contributed by atoms with van der Waals surface area (Å²) >= 11 is 0. The Kier molecular flexibility index (Phi) is 1.44. The molecule has 4 atom stereocenters. The molecule has 2 saturated carbocycles. The van der Waals surface area contributed by atoms with Gasteiger partial charge in [-0.2, -0.15) is 0 Å². The highest BCUT2D eigenvalue weighted by atomic mass is 16.1. The molecule has 76 valence electrons. The Morgan fingerprint density at radius 1 is 1.29 bits per heavy atom. The maximum Gasteiger partial charge on any atom is 0.162 e. The SMILES string of the molecule is CC1=C[C@H]2[C@@H](C1=O)[C@@H]1CC[C@H]2C1(C)C. The van der Waals surface area contributed by atoms with Crippen molar-refractivity contribution in [2.24, 2.45) is 29.1 Å². The molecule has 0 N–H and O–H groups in total. The van der Waals surface area contributed by atoms with Crippen molar-refractivity contribution in [3.63, 3.8) is 0 Å². The maximum atomic E-state index is 12.0. The van der Waals surface area contributed by atoms with Crippen molar-refractivity contribution in [3.8, 4) is 0 Å². The van der Waals surface area contributed by atoms with Gasteiger partial charge >= 0.3 is 0 Å². The zero-order chi connectivity index (χ0) is 10.1. The molecule has 3 aliphatic carbocycles. The van der Waals surface area contributed by atoms with Crippen LogP contribution in [0.5, 0.6) is 0 Å². The van der Waals surface area contributed by atoms with E-state index < -0.39 is 0 Å². The minimum atomic E-state index is 0.365. The fourth-order valence-electron chi connectivity index (χ4n) is 4.44. The van der Waals surface area contributed by atoms with Gasteiger partial charge in [-0.15, -0.1) is 0 Å². The Labute approximate surface area is 85.6 Å². The topological polar surface area (TPSA) is 17.1 Å². The first-order valence-corrected chi connectivity index (χ1v) is 5.76. The molecule has 0 heterocycles. The van der Waals surface area contributed by atoms with Crippen LogP contribution in [0.1, 0.15) is 33.6 Å². The lowest BCUT2D eigenvalue weighted by atomic mass is 9.78. The average Bonchev–Trinajstić information content (AvgIpc) is 2.63. The Morgan fingerprint density at radius 3 is 2.57 bits per heavy atom. The summed E-state index contributed by atoms with van der Waals surface area (Å²) in [6.07, 6.45) is 4.89. The summed E-state index contributed by atoms with van der Waals surface area (Å²) in [6.45, 7) is 6.72. The van der Waals surface area contributed by atoms with E-state index in [1.807, 2.05) is 6.92 Å². The Morgan fingerprint density at radius 2 is 1.93 bits per heavy atom. The van der Waals surface area contributed by atoms with Gasteiger partial charge in [0.05, 0.1) is 0 Å². The molecule has 0 aromatic rings. The molecule has 0 spiro atoms. The third-order valence-electron chi connectivity index (χ3n) is 5.15. The molecule has 2 fully saturated rings. The molecule has 2 bridgehead atoms. The lowest BCUT2D eigenvalue weighted by Crippen LogP contribution is -2.25. The van der Waals surface area contributed by atoms with Crippen molar-refractivity contribution < 1.29 is 4.79 Å². The zero-order valence-corrected chi connectivity index (χ0v) is 9.21. The summed E-state index contributed by atoms with van der Waals surface area (Å²) in [7, 11) is 0. The van der Waals surface area contributed by atoms with Crippen LogP contribution >= 0.6 is 0 Å². The third kappa shape index (κ3) is 0.757. The van der Waals surface area contributed by atoms with E-state index in [1.54, 1.807) is 0 Å². The Balaban J connectivity index is 2.07. The summed E-state index contributed by atoms with van der Waals surface area (Å²) in [5, 5.41) is 0. The highest BCUT2D eigenvalue weighted by molar-refractivity contribution is 6.00. The largest absolute Gasteiger partial charge is 0.294 e. The molecule has 14 heavy (non-hydrogen) atoms. The minimum absolute atomic E-state index is 0.365. The summed E-state index contributed by atoms with van der Waals surface area (Å²) in [5.41, 5.74) is 1.45. The minimum Gasteiger partial charge on any atom is -0.294 e. The number of rotatable bonds is 0. The number of Topliss-reactive ketones (excluding diaryl/α,β-unsaturated/α-hetero) is 1. The molecule has 0 aromatic heterocycles. The molecule has 1 nitrogen and oxygen atoms in total. The van der Waals surface area contributed by atoms with Crippen LogP contribution in [0, 0.1) is 29.1 Å². The second-order valence-electron chi connectivity index (χ2n) is 5.93. The highest BCUT2D eigenvalue weighted by Gasteiger charge is 2.61. The number of carbonyl (C=O) groups excluding carboxylic acids is 1. The van der Waals surface area contributed by atoms with Crippen LogP contribution in [0.25, 0.3) is 0 Å². The summed E-state index contributed by atoms with van der Waals surface area (Å²) in [5.74, 6) is 2.85. The van der Waals surface area contributed by atoms with Gasteiger partial charge in [-0.25, -0.2) is 0 Å². The number of fused-ring (bicyclic) bond motifs is 5. The van der Waals surface area contributed by atoms with Crippen molar-refractivity contribution in [2.45, 2.75) is 33.6 Å². The van der Waals surface area contributed by atoms with Gasteiger partial charge in [-0.3, -0.25) is 4.79 Å². The molecule has 0 aliphatic heterocycles. The molecular formula is C13H18O. The molecule has 0 unspecified atom stereocenters. The van der Waals surface area contributed by atoms with Crippen LogP contribution in [-0.2, 0) is 4.79 Å². The van der Waals surface area contributed by atoms with E-state index >= 15 is 0 Å². The van der Waals surface area contributed by atoms with Gasteiger partial charge in [0.1, 0.15) is 0 Å². The Bertz CT molecular complexity index is 337. The van der Waals surface area contributed by atoms with Crippen molar-refractivity contribution >= 4 is 5.78 Å². The standard InChI is InChI=1S/C13H18O/c1-7-6-8-9-4-5-10(13(9,2)3)11(8)12(7)14/h6,8-11H,4-5H2,1-3H3/t8-,9-,10+,11-/m1/s1. The van der Waals surface area contributed by atoms with Gasteiger partial charge in [0.2, 0.25) is 0 Å². The van der Waals surface area contributed by atoms with E-state index in [0.29, 0.717) is 29.0 Å². The second kappa shape index (κ2) is 2.32. The van der Waals surface area contributed by atoms with E-state index in [2.05, 4.69) is 19.9 Å². The normalized spacial score (nSPS) is 48.2. The predicted molar refractivity (Wildman–Crippen MR) is 55.7 cm³/mol. The van der Waals surface area contributed by atoms with Crippen molar-refractivity contribution in [1.29, 1.82) is 0 Å². The summed E-state index contributed by atoms with van der Waals surface area (Å²) in [6, 6.07) is 0. The first-order chi connectivity index (χ1) is 6.53. The fraction of sp³-hybridized carbons (Fsp3) is 0.769. The van der Waals surface area contributed by atoms with Crippen molar-refractivity contribution in [1.82, 2.24) is 0 Å². The van der Waals surface area contributed by atoms with Gasteiger partial charge in [-0.05, 0) is 48.5 Å². The number of hydrogen-bond acceptors (Lipinski definition) is 1. The van der Waals surface area contributed by atoms with Crippen LogP contribution in [-0.4, -0.2) is 5.78 Å². The van der Waals surface area contributed by atoms with Crippen LogP contribution < -0.4 is 0 Å². The van der Waals surface area contributed by atoms with Gasteiger partial charge in [0, 0.05) is 5.92 Å². The zero-order valence-electron chi connectivity index (χ0n) is 9.21. The highest BCUT2D eigenvalue weighted by Crippen LogP contribution is 2.65. The maximum absolute atomic E-state index is 12.0. The predicted octanol–water partition coefficient (Wildman–Crippen LogP) is 2.81.